The Morgan fingerprint density at radius 1 is 1.00 bits per heavy atom. The minimum Gasteiger partial charge on any atom is -0.350 e. The number of nitrogens with zero attached hydrogens (tertiary/aromatic N) is 1. The number of rotatable bonds is 8. The third kappa shape index (κ3) is 8.62. The Balaban J connectivity index is 2.37. The molecule has 0 fully saturated rings. The molecule has 0 spiro atoms. The summed E-state index contributed by atoms with van der Waals surface area (Å²) in [7, 11) is 1.68. The third-order valence-electron chi connectivity index (χ3n) is 3.46. The predicted octanol–water partition coefficient (Wildman–Crippen LogP) is 1.15. The molecule has 7 nitrogen and oxygen atoms in total. The molecule has 0 unspecified atom stereocenters. The van der Waals surface area contributed by atoms with Gasteiger partial charge in [0.1, 0.15) is 0 Å². The molecule has 144 valence electrons. The average molecular weight is 362 g/mol. The molecule has 0 aromatic heterocycles. The number of likely N-dealkylation sites (N-methyl/N-ethyl adjacent to an activating group) is 1. The predicted molar refractivity (Wildman–Crippen MR) is 103 cm³/mol. The zero-order chi connectivity index (χ0) is 19.7. The van der Waals surface area contributed by atoms with Crippen LogP contribution in [0.25, 0.3) is 0 Å². The van der Waals surface area contributed by atoms with Crippen LogP contribution in [0.1, 0.15) is 33.3 Å². The van der Waals surface area contributed by atoms with Crippen LogP contribution >= 0.6 is 0 Å². The molecule has 0 radical (unpaired) electrons. The normalized spacial score (nSPS) is 11.2. The van der Waals surface area contributed by atoms with Crippen LogP contribution in [0, 0.1) is 0 Å². The Bertz CT molecular complexity index is 638. The van der Waals surface area contributed by atoms with E-state index in [4.69, 9.17) is 0 Å². The average Bonchev–Trinajstić information content (AvgIpc) is 2.51. The molecule has 0 aliphatic carbocycles. The Morgan fingerprint density at radius 2 is 1.62 bits per heavy atom. The van der Waals surface area contributed by atoms with Crippen molar-refractivity contribution in [2.75, 3.05) is 32.0 Å². The fraction of sp³-hybridized carbons (Fsp3) is 0.526. The zero-order valence-electron chi connectivity index (χ0n) is 16.3. The van der Waals surface area contributed by atoms with Gasteiger partial charge in [-0.3, -0.25) is 19.3 Å². The van der Waals surface area contributed by atoms with Gasteiger partial charge in [-0.1, -0.05) is 25.1 Å². The molecular weight excluding hydrogens is 332 g/mol. The molecule has 3 N–H and O–H groups in total. The molecule has 0 aliphatic heterocycles. The van der Waals surface area contributed by atoms with Crippen molar-refractivity contribution in [2.45, 2.75) is 39.7 Å². The molecule has 3 amide bonds. The lowest BCUT2D eigenvalue weighted by atomic mass is 10.1. The highest BCUT2D eigenvalue weighted by atomic mass is 16.2. The highest BCUT2D eigenvalue weighted by Crippen LogP contribution is 2.14. The van der Waals surface area contributed by atoms with Crippen LogP contribution < -0.4 is 16.0 Å². The molecule has 7 heteroatoms. The summed E-state index contributed by atoms with van der Waals surface area (Å²) in [5.41, 5.74) is 1.48. The third-order valence-corrected chi connectivity index (χ3v) is 3.46. The van der Waals surface area contributed by atoms with Gasteiger partial charge < -0.3 is 16.0 Å². The fourth-order valence-corrected chi connectivity index (χ4v) is 2.38. The lowest BCUT2D eigenvalue weighted by Gasteiger charge is -2.23. The van der Waals surface area contributed by atoms with Crippen molar-refractivity contribution in [3.8, 4) is 0 Å². The topological polar surface area (TPSA) is 90.5 Å². The van der Waals surface area contributed by atoms with E-state index in [9.17, 15) is 14.4 Å². The molecule has 26 heavy (non-hydrogen) atoms. The van der Waals surface area contributed by atoms with E-state index >= 15 is 0 Å². The van der Waals surface area contributed by atoms with Gasteiger partial charge in [0.25, 0.3) is 0 Å². The van der Waals surface area contributed by atoms with E-state index in [0.717, 1.165) is 17.7 Å². The van der Waals surface area contributed by atoms with E-state index < -0.39 is 0 Å². The summed E-state index contributed by atoms with van der Waals surface area (Å²) in [6.45, 7) is 7.74. The molecule has 0 saturated heterocycles. The van der Waals surface area contributed by atoms with Gasteiger partial charge in [-0.15, -0.1) is 0 Å². The molecule has 0 atom stereocenters. The van der Waals surface area contributed by atoms with Crippen LogP contribution in [-0.4, -0.2) is 54.8 Å². The van der Waals surface area contributed by atoms with Crippen LogP contribution in [-0.2, 0) is 20.8 Å². The molecule has 0 saturated carbocycles. The zero-order valence-corrected chi connectivity index (χ0v) is 16.3. The maximum absolute atomic E-state index is 12.0. The summed E-state index contributed by atoms with van der Waals surface area (Å²) in [6.07, 6.45) is 0.810. The number of amides is 3. The first-order chi connectivity index (χ1) is 12.1. The maximum Gasteiger partial charge on any atom is 0.243 e. The fourth-order valence-electron chi connectivity index (χ4n) is 2.38. The van der Waals surface area contributed by atoms with Crippen molar-refractivity contribution in [1.82, 2.24) is 15.5 Å². The Hall–Kier alpha value is -2.41. The largest absolute Gasteiger partial charge is 0.350 e. The number of carbonyl (C=O) groups is 3. The van der Waals surface area contributed by atoms with Gasteiger partial charge in [0.15, 0.2) is 0 Å². The number of nitrogens with one attached hydrogen (secondary N) is 3. The minimum atomic E-state index is -0.312. The van der Waals surface area contributed by atoms with Crippen LogP contribution in [0.4, 0.5) is 5.69 Å². The second kappa shape index (κ2) is 9.91. The monoisotopic (exact) mass is 362 g/mol. The van der Waals surface area contributed by atoms with E-state index in [1.807, 2.05) is 52.0 Å². The number of anilines is 1. The maximum atomic E-state index is 12.0. The number of carbonyl (C=O) groups excluding carboxylic acids is 3. The molecular formula is C19H30N4O3. The van der Waals surface area contributed by atoms with Crippen molar-refractivity contribution in [1.29, 1.82) is 0 Å². The van der Waals surface area contributed by atoms with Gasteiger partial charge >= 0.3 is 0 Å². The second-order valence-corrected chi connectivity index (χ2v) is 7.31. The number of para-hydroxylation sites is 1. The van der Waals surface area contributed by atoms with E-state index in [1.165, 1.54) is 0 Å². The van der Waals surface area contributed by atoms with E-state index in [-0.39, 0.29) is 42.9 Å². The van der Waals surface area contributed by atoms with E-state index in [1.54, 1.807) is 11.9 Å². The summed E-state index contributed by atoms with van der Waals surface area (Å²) in [6, 6.07) is 7.55. The van der Waals surface area contributed by atoms with Crippen LogP contribution in [0.2, 0.25) is 0 Å². The molecule has 1 aromatic rings. The minimum absolute atomic E-state index is 0.0381. The van der Waals surface area contributed by atoms with Gasteiger partial charge in [0, 0.05) is 11.2 Å². The lowest BCUT2D eigenvalue weighted by molar-refractivity contribution is -0.126. The number of benzene rings is 1. The Kier molecular flexibility index (Phi) is 8.25. The molecule has 0 heterocycles. The first-order valence-corrected chi connectivity index (χ1v) is 8.74. The second-order valence-electron chi connectivity index (χ2n) is 7.31. The lowest BCUT2D eigenvalue weighted by Crippen LogP contribution is -2.47. The van der Waals surface area contributed by atoms with Gasteiger partial charge in [-0.2, -0.15) is 0 Å². The SMILES string of the molecule is CCc1ccccc1NC(=O)CNC(=O)CN(C)CC(=O)NC(C)(C)C. The van der Waals surface area contributed by atoms with Crippen molar-refractivity contribution < 1.29 is 14.4 Å². The highest BCUT2D eigenvalue weighted by Gasteiger charge is 2.16. The van der Waals surface area contributed by atoms with E-state index in [0.29, 0.717) is 0 Å². The summed E-state index contributed by atoms with van der Waals surface area (Å²) in [5.74, 6) is -0.746. The van der Waals surface area contributed by atoms with Crippen molar-refractivity contribution in [3.63, 3.8) is 0 Å². The van der Waals surface area contributed by atoms with E-state index in [2.05, 4.69) is 16.0 Å². The van der Waals surface area contributed by atoms with Gasteiger partial charge in [0.05, 0.1) is 19.6 Å². The van der Waals surface area contributed by atoms with Gasteiger partial charge in [-0.05, 0) is 45.9 Å². The standard InChI is InChI=1S/C19H30N4O3/c1-6-14-9-7-8-10-15(14)21-16(24)11-20-17(25)12-23(5)13-18(26)22-19(2,3)4/h7-10H,6,11-13H2,1-5H3,(H,20,25)(H,21,24)(H,22,26). The van der Waals surface area contributed by atoms with Crippen LogP contribution in [0.15, 0.2) is 24.3 Å². The smallest absolute Gasteiger partial charge is 0.243 e. The number of aryl methyl sites for hydroxylation is 1. The summed E-state index contributed by atoms with van der Waals surface area (Å²) < 4.78 is 0. The molecule has 0 aliphatic rings. The quantitative estimate of drug-likeness (QED) is 0.647. The number of hydrogen-bond donors (Lipinski definition) is 3. The first kappa shape index (κ1) is 21.6. The number of hydrogen-bond acceptors (Lipinski definition) is 4. The van der Waals surface area contributed by atoms with Crippen molar-refractivity contribution >= 4 is 23.4 Å². The Labute approximate surface area is 155 Å². The molecule has 1 rings (SSSR count). The van der Waals surface area contributed by atoms with Crippen LogP contribution in [0.5, 0.6) is 0 Å². The van der Waals surface area contributed by atoms with Gasteiger partial charge in [0.2, 0.25) is 17.7 Å². The van der Waals surface area contributed by atoms with Crippen molar-refractivity contribution in [3.05, 3.63) is 29.8 Å². The highest BCUT2D eigenvalue weighted by molar-refractivity contribution is 5.95. The molecule has 1 aromatic carbocycles. The summed E-state index contributed by atoms with van der Waals surface area (Å²) in [4.78, 5) is 37.4. The first-order valence-electron chi connectivity index (χ1n) is 8.74. The Morgan fingerprint density at radius 3 is 2.23 bits per heavy atom. The molecule has 0 bridgehead atoms. The van der Waals surface area contributed by atoms with Gasteiger partial charge in [-0.25, -0.2) is 0 Å². The summed E-state index contributed by atoms with van der Waals surface area (Å²) in [5, 5.41) is 8.20. The van der Waals surface area contributed by atoms with Crippen LogP contribution in [0.3, 0.4) is 0 Å². The van der Waals surface area contributed by atoms with Crippen molar-refractivity contribution in [2.24, 2.45) is 0 Å². The summed E-state index contributed by atoms with van der Waals surface area (Å²) >= 11 is 0.